The Labute approximate surface area is 241 Å². The van der Waals surface area contributed by atoms with Gasteiger partial charge in [-0.1, -0.05) is 60.7 Å². The summed E-state index contributed by atoms with van der Waals surface area (Å²) in [6, 6.07) is 19.2. The third kappa shape index (κ3) is 5.85. The van der Waals surface area contributed by atoms with Crippen molar-refractivity contribution < 1.29 is 24.5 Å². The molecule has 1 aliphatic rings. The zero-order valence-electron chi connectivity index (χ0n) is 22.8. The number of nitrogens with one attached hydrogen (secondary N) is 2. The van der Waals surface area contributed by atoms with Gasteiger partial charge in [0.2, 0.25) is 0 Å². The lowest BCUT2D eigenvalue weighted by atomic mass is 9.90. The number of aliphatic carboxylic acids is 1. The minimum absolute atomic E-state index is 0.0818. The van der Waals surface area contributed by atoms with Gasteiger partial charge in [0.1, 0.15) is 5.70 Å². The molecular formula is C31H29N5O6. The summed E-state index contributed by atoms with van der Waals surface area (Å²) >= 11 is 0. The third-order valence-corrected chi connectivity index (χ3v) is 6.78. The SMILES string of the molecule is CCOc1ncc(C2c3[nH]c(=O)c(-c4ccccc4)cc3C(O)=C(C(=O)NCCC(=O)O)N2Cc2ccccc2)cn1. The number of benzene rings is 2. The van der Waals surface area contributed by atoms with Gasteiger partial charge in [0.05, 0.1) is 24.8 Å². The Balaban J connectivity index is 1.72. The first kappa shape index (κ1) is 28.1. The first-order chi connectivity index (χ1) is 20.4. The van der Waals surface area contributed by atoms with E-state index in [0.717, 1.165) is 5.56 Å². The fourth-order valence-corrected chi connectivity index (χ4v) is 4.91. The summed E-state index contributed by atoms with van der Waals surface area (Å²) in [5.41, 5.74) is 2.44. The molecule has 42 heavy (non-hydrogen) atoms. The first-order valence-electron chi connectivity index (χ1n) is 13.4. The Morgan fingerprint density at radius 1 is 1.02 bits per heavy atom. The van der Waals surface area contributed by atoms with Crippen molar-refractivity contribution in [1.29, 1.82) is 0 Å². The minimum atomic E-state index is -1.07. The van der Waals surface area contributed by atoms with E-state index in [1.165, 1.54) is 0 Å². The second-order valence-electron chi connectivity index (χ2n) is 9.55. The standard InChI is InChI=1S/C31H29N5O6/c1-2-42-31-33-16-21(17-34-31)26-25-23(15-22(29(40)35-25)20-11-7-4-8-12-20)28(39)27(30(41)32-14-13-24(37)38)36(26)18-19-9-5-3-6-10-19/h3-12,15-17,26,39H,2,13-14,18H2,1H3,(H,32,41)(H,35,40)(H,37,38). The molecule has 1 unspecified atom stereocenters. The molecule has 0 radical (unpaired) electrons. The first-order valence-corrected chi connectivity index (χ1v) is 13.4. The summed E-state index contributed by atoms with van der Waals surface area (Å²) in [7, 11) is 0. The number of carbonyl (C=O) groups is 2. The molecule has 0 bridgehead atoms. The van der Waals surface area contributed by atoms with Crippen LogP contribution < -0.4 is 15.6 Å². The van der Waals surface area contributed by atoms with Crippen LogP contribution in [0.1, 0.15) is 41.8 Å². The van der Waals surface area contributed by atoms with E-state index in [1.807, 2.05) is 43.3 Å². The minimum Gasteiger partial charge on any atom is -0.505 e. The molecule has 4 N–H and O–H groups in total. The maximum atomic E-state index is 13.7. The Hall–Kier alpha value is -5.45. The van der Waals surface area contributed by atoms with Crippen LogP contribution in [0.25, 0.3) is 16.9 Å². The molecule has 5 rings (SSSR count). The number of rotatable bonds is 10. The van der Waals surface area contributed by atoms with Gasteiger partial charge >= 0.3 is 12.0 Å². The van der Waals surface area contributed by atoms with Crippen LogP contribution in [0.3, 0.4) is 0 Å². The van der Waals surface area contributed by atoms with Crippen LogP contribution in [0.15, 0.2) is 89.6 Å². The molecule has 1 amide bonds. The number of aliphatic hydroxyl groups is 1. The van der Waals surface area contributed by atoms with Gasteiger partial charge in [0, 0.05) is 42.2 Å². The highest BCUT2D eigenvalue weighted by atomic mass is 16.5. The molecule has 0 spiro atoms. The molecule has 11 nitrogen and oxygen atoms in total. The lowest BCUT2D eigenvalue weighted by Gasteiger charge is -2.39. The zero-order chi connectivity index (χ0) is 29.6. The highest BCUT2D eigenvalue weighted by Gasteiger charge is 2.39. The number of amides is 1. The van der Waals surface area contributed by atoms with Crippen molar-refractivity contribution in [2.75, 3.05) is 13.2 Å². The van der Waals surface area contributed by atoms with E-state index in [1.54, 1.807) is 47.6 Å². The summed E-state index contributed by atoms with van der Waals surface area (Å²) in [5, 5.41) is 23.4. The number of H-pyrrole nitrogens is 1. The number of aromatic amines is 1. The average Bonchev–Trinajstić information content (AvgIpc) is 2.99. The van der Waals surface area contributed by atoms with E-state index >= 15 is 0 Å². The second kappa shape index (κ2) is 12.4. The predicted molar refractivity (Wildman–Crippen MR) is 154 cm³/mol. The number of hydrogen-bond donors (Lipinski definition) is 4. The third-order valence-electron chi connectivity index (χ3n) is 6.78. The average molecular weight is 568 g/mol. The Kier molecular flexibility index (Phi) is 8.28. The number of aromatic nitrogens is 3. The fourth-order valence-electron chi connectivity index (χ4n) is 4.91. The number of fused-ring (bicyclic) bond motifs is 1. The van der Waals surface area contributed by atoms with Crippen LogP contribution >= 0.6 is 0 Å². The van der Waals surface area contributed by atoms with Crippen molar-refractivity contribution in [3.63, 3.8) is 0 Å². The summed E-state index contributed by atoms with van der Waals surface area (Å²) < 4.78 is 5.41. The van der Waals surface area contributed by atoms with Crippen molar-refractivity contribution in [3.8, 4) is 17.1 Å². The fraction of sp³-hybridized carbons (Fsp3) is 0.194. The summed E-state index contributed by atoms with van der Waals surface area (Å²) in [4.78, 5) is 51.4. The molecule has 0 fully saturated rings. The molecule has 2 aromatic carbocycles. The van der Waals surface area contributed by atoms with E-state index in [9.17, 15) is 19.5 Å². The van der Waals surface area contributed by atoms with Gasteiger partial charge in [-0.25, -0.2) is 9.97 Å². The summed E-state index contributed by atoms with van der Waals surface area (Å²) in [5.74, 6) is -2.09. The van der Waals surface area contributed by atoms with Gasteiger partial charge < -0.3 is 30.2 Å². The lowest BCUT2D eigenvalue weighted by Crippen LogP contribution is -2.42. The zero-order valence-corrected chi connectivity index (χ0v) is 22.8. The molecule has 11 heteroatoms. The van der Waals surface area contributed by atoms with E-state index in [2.05, 4.69) is 20.3 Å². The van der Waals surface area contributed by atoms with Gasteiger partial charge in [-0.2, -0.15) is 0 Å². The van der Waals surface area contributed by atoms with Crippen LogP contribution in [0.5, 0.6) is 6.01 Å². The number of hydrogen-bond acceptors (Lipinski definition) is 8. The number of aliphatic hydroxyl groups excluding tert-OH is 1. The molecule has 3 heterocycles. The molecular weight excluding hydrogens is 538 g/mol. The number of nitrogens with zero attached hydrogens (tertiary/aromatic N) is 3. The van der Waals surface area contributed by atoms with E-state index in [4.69, 9.17) is 9.84 Å². The Morgan fingerprint density at radius 3 is 2.33 bits per heavy atom. The number of ether oxygens (including phenoxy) is 1. The second-order valence-corrected chi connectivity index (χ2v) is 9.55. The molecule has 1 atom stereocenters. The van der Waals surface area contributed by atoms with Crippen LogP contribution in [-0.2, 0) is 16.1 Å². The van der Waals surface area contributed by atoms with Gasteiger partial charge in [-0.15, -0.1) is 0 Å². The van der Waals surface area contributed by atoms with Crippen molar-refractivity contribution in [1.82, 2.24) is 25.2 Å². The highest BCUT2D eigenvalue weighted by molar-refractivity contribution is 6.00. The van der Waals surface area contributed by atoms with Gasteiger partial charge in [0.25, 0.3) is 11.5 Å². The number of carboxylic acids is 1. The normalized spacial score (nSPS) is 14.3. The van der Waals surface area contributed by atoms with Crippen LogP contribution in [-0.4, -0.2) is 55.1 Å². The van der Waals surface area contributed by atoms with Crippen LogP contribution in [0.4, 0.5) is 0 Å². The molecule has 0 saturated carbocycles. The summed E-state index contributed by atoms with van der Waals surface area (Å²) in [6.07, 6.45) is 2.81. The quantitative estimate of drug-likeness (QED) is 0.224. The maximum Gasteiger partial charge on any atom is 0.316 e. The van der Waals surface area contributed by atoms with Gasteiger partial charge in [-0.05, 0) is 24.1 Å². The Bertz CT molecular complexity index is 1670. The van der Waals surface area contributed by atoms with Gasteiger partial charge in [-0.3, -0.25) is 14.4 Å². The molecule has 0 saturated heterocycles. The largest absolute Gasteiger partial charge is 0.505 e. The topological polar surface area (TPSA) is 158 Å². The molecule has 4 aromatic rings. The van der Waals surface area contributed by atoms with Crippen molar-refractivity contribution in [3.05, 3.63) is 118 Å². The van der Waals surface area contributed by atoms with E-state index in [0.29, 0.717) is 29.0 Å². The van der Waals surface area contributed by atoms with Crippen molar-refractivity contribution in [2.24, 2.45) is 0 Å². The highest BCUT2D eigenvalue weighted by Crippen LogP contribution is 2.42. The van der Waals surface area contributed by atoms with E-state index in [-0.39, 0.29) is 48.1 Å². The summed E-state index contributed by atoms with van der Waals surface area (Å²) in [6.45, 7) is 2.20. The van der Waals surface area contributed by atoms with Gasteiger partial charge in [0.15, 0.2) is 5.76 Å². The van der Waals surface area contributed by atoms with E-state index < -0.39 is 17.9 Å². The lowest BCUT2D eigenvalue weighted by molar-refractivity contribution is -0.136. The van der Waals surface area contributed by atoms with Crippen molar-refractivity contribution in [2.45, 2.75) is 25.9 Å². The van der Waals surface area contributed by atoms with Crippen molar-refractivity contribution >= 4 is 17.6 Å². The Morgan fingerprint density at radius 2 is 1.69 bits per heavy atom. The van der Waals surface area contributed by atoms with Crippen LogP contribution in [0.2, 0.25) is 0 Å². The smallest absolute Gasteiger partial charge is 0.316 e. The maximum absolute atomic E-state index is 13.7. The molecule has 2 aromatic heterocycles. The predicted octanol–water partition coefficient (Wildman–Crippen LogP) is 3.65. The monoisotopic (exact) mass is 567 g/mol. The molecule has 214 valence electrons. The molecule has 0 aliphatic carbocycles. The number of pyridine rings is 1. The number of carbonyl (C=O) groups excluding carboxylic acids is 1. The number of carboxylic acid groups (broad SMARTS) is 1. The van der Waals surface area contributed by atoms with Crippen LogP contribution in [0, 0.1) is 0 Å². The molecule has 1 aliphatic heterocycles.